The Hall–Kier alpha value is -3.14. The van der Waals surface area contributed by atoms with Gasteiger partial charge in [-0.05, 0) is 44.4 Å². The highest BCUT2D eigenvalue weighted by Gasteiger charge is 2.28. The van der Waals surface area contributed by atoms with Crippen molar-refractivity contribution in [3.8, 4) is 0 Å². The molecule has 1 fully saturated rings. The standard InChI is InChI=1S/C25H30FN5O3S/c1-3-30(4-2)24(34)21-14-27-25(35-21)29-22(32)20(12-16-8-6-5-7-9-16)31-15-28-19-11-10-17(26)13-18(19)23(31)33/h10-11,13-16,20H,3-9,12H2,1-2H3,(H,27,29,32). The second kappa shape index (κ2) is 11.1. The lowest BCUT2D eigenvalue weighted by Crippen LogP contribution is -2.35. The molecule has 1 saturated carbocycles. The fourth-order valence-corrected chi connectivity index (χ4v) is 5.49. The molecule has 0 spiro atoms. The SMILES string of the molecule is CCN(CC)C(=O)c1cnc(NC(=O)C(CC2CCCCC2)n2cnc3ccc(F)cc3c2=O)s1. The van der Waals surface area contributed by atoms with E-state index in [1.165, 1.54) is 35.6 Å². The second-order valence-electron chi connectivity index (χ2n) is 8.87. The number of carbonyl (C=O) groups is 2. The monoisotopic (exact) mass is 499 g/mol. The summed E-state index contributed by atoms with van der Waals surface area (Å²) < 4.78 is 15.2. The molecule has 1 aliphatic rings. The van der Waals surface area contributed by atoms with Crippen molar-refractivity contribution in [3.63, 3.8) is 0 Å². The van der Waals surface area contributed by atoms with E-state index >= 15 is 0 Å². The van der Waals surface area contributed by atoms with Crippen LogP contribution in [-0.2, 0) is 4.79 Å². The van der Waals surface area contributed by atoms with Gasteiger partial charge in [0.05, 0.1) is 23.4 Å². The van der Waals surface area contributed by atoms with Gasteiger partial charge >= 0.3 is 0 Å². The summed E-state index contributed by atoms with van der Waals surface area (Å²) in [5.41, 5.74) is -0.0778. The van der Waals surface area contributed by atoms with Gasteiger partial charge in [-0.1, -0.05) is 43.4 Å². The minimum atomic E-state index is -0.823. The van der Waals surface area contributed by atoms with Gasteiger partial charge in [-0.3, -0.25) is 19.0 Å². The first-order valence-corrected chi connectivity index (χ1v) is 12.9. The highest BCUT2D eigenvalue weighted by atomic mass is 32.1. The summed E-state index contributed by atoms with van der Waals surface area (Å²) in [5, 5.41) is 3.24. The van der Waals surface area contributed by atoms with Gasteiger partial charge in [0.25, 0.3) is 11.5 Å². The van der Waals surface area contributed by atoms with Crippen molar-refractivity contribution in [1.29, 1.82) is 0 Å². The summed E-state index contributed by atoms with van der Waals surface area (Å²) in [6.07, 6.45) is 8.66. The summed E-state index contributed by atoms with van der Waals surface area (Å²) in [6.45, 7) is 4.97. The fraction of sp³-hybridized carbons (Fsp3) is 0.480. The van der Waals surface area contributed by atoms with Gasteiger partial charge in [-0.2, -0.15) is 0 Å². The van der Waals surface area contributed by atoms with Crippen molar-refractivity contribution >= 4 is 39.2 Å². The number of anilines is 1. The number of carbonyl (C=O) groups excluding carboxylic acids is 2. The van der Waals surface area contributed by atoms with E-state index in [-0.39, 0.29) is 11.3 Å². The van der Waals surface area contributed by atoms with Crippen molar-refractivity contribution in [2.75, 3.05) is 18.4 Å². The van der Waals surface area contributed by atoms with Crippen LogP contribution in [0.25, 0.3) is 10.9 Å². The minimum absolute atomic E-state index is 0.135. The Kier molecular flexibility index (Phi) is 7.90. The zero-order chi connectivity index (χ0) is 24.9. The molecule has 10 heteroatoms. The van der Waals surface area contributed by atoms with Gasteiger partial charge < -0.3 is 10.2 Å². The van der Waals surface area contributed by atoms with Crippen LogP contribution in [0.4, 0.5) is 9.52 Å². The maximum absolute atomic E-state index is 13.9. The molecule has 3 aromatic rings. The molecule has 1 aliphatic carbocycles. The highest BCUT2D eigenvalue weighted by Crippen LogP contribution is 2.31. The number of nitrogens with zero attached hydrogens (tertiary/aromatic N) is 4. The lowest BCUT2D eigenvalue weighted by atomic mass is 9.84. The zero-order valence-corrected chi connectivity index (χ0v) is 20.8. The van der Waals surface area contributed by atoms with Crippen LogP contribution in [0.3, 0.4) is 0 Å². The number of nitrogens with one attached hydrogen (secondary N) is 1. The van der Waals surface area contributed by atoms with E-state index in [9.17, 15) is 18.8 Å². The maximum Gasteiger partial charge on any atom is 0.265 e. The molecule has 0 radical (unpaired) electrons. The molecule has 2 aromatic heterocycles. The van der Waals surface area contributed by atoms with Crippen LogP contribution in [-0.4, -0.2) is 44.3 Å². The van der Waals surface area contributed by atoms with E-state index in [4.69, 9.17) is 0 Å². The molecule has 2 heterocycles. The van der Waals surface area contributed by atoms with Gasteiger partial charge in [0.1, 0.15) is 16.7 Å². The Morgan fingerprint density at radius 3 is 2.66 bits per heavy atom. The number of amides is 2. The van der Waals surface area contributed by atoms with E-state index in [1.807, 2.05) is 13.8 Å². The highest BCUT2D eigenvalue weighted by molar-refractivity contribution is 7.17. The number of rotatable bonds is 8. The molecule has 1 atom stereocenters. The summed E-state index contributed by atoms with van der Waals surface area (Å²) in [5.74, 6) is -0.767. The molecule has 2 amide bonds. The zero-order valence-electron chi connectivity index (χ0n) is 20.0. The van der Waals surface area contributed by atoms with Crippen molar-refractivity contribution in [3.05, 3.63) is 51.8 Å². The lowest BCUT2D eigenvalue weighted by Gasteiger charge is -2.27. The number of thiazole rings is 1. The molecule has 35 heavy (non-hydrogen) atoms. The van der Waals surface area contributed by atoms with Crippen LogP contribution in [0.5, 0.6) is 0 Å². The van der Waals surface area contributed by atoms with Crippen molar-refractivity contribution < 1.29 is 14.0 Å². The van der Waals surface area contributed by atoms with Crippen molar-refractivity contribution in [2.24, 2.45) is 5.92 Å². The topological polar surface area (TPSA) is 97.2 Å². The normalized spacial score (nSPS) is 15.2. The molecule has 186 valence electrons. The number of fused-ring (bicyclic) bond motifs is 1. The van der Waals surface area contributed by atoms with E-state index in [1.54, 1.807) is 4.90 Å². The maximum atomic E-state index is 13.9. The lowest BCUT2D eigenvalue weighted by molar-refractivity contribution is -0.120. The van der Waals surface area contributed by atoms with Crippen LogP contribution >= 0.6 is 11.3 Å². The van der Waals surface area contributed by atoms with E-state index in [2.05, 4.69) is 15.3 Å². The number of hydrogen-bond acceptors (Lipinski definition) is 6. The Labute approximate surface area is 207 Å². The smallest absolute Gasteiger partial charge is 0.265 e. The largest absolute Gasteiger partial charge is 0.338 e. The van der Waals surface area contributed by atoms with Gasteiger partial charge in [-0.25, -0.2) is 14.4 Å². The quantitative estimate of drug-likeness (QED) is 0.488. The third kappa shape index (κ3) is 5.58. The fourth-order valence-electron chi connectivity index (χ4n) is 4.70. The predicted molar refractivity (Wildman–Crippen MR) is 134 cm³/mol. The van der Waals surface area contributed by atoms with Gasteiger partial charge in [0.2, 0.25) is 5.91 Å². The third-order valence-corrected chi connectivity index (χ3v) is 7.56. The molecule has 0 aliphatic heterocycles. The molecule has 1 N–H and O–H groups in total. The molecule has 8 nitrogen and oxygen atoms in total. The average Bonchev–Trinajstić information content (AvgIpc) is 3.33. The van der Waals surface area contributed by atoms with E-state index < -0.39 is 23.3 Å². The summed E-state index contributed by atoms with van der Waals surface area (Å²) in [4.78, 5) is 50.0. The summed E-state index contributed by atoms with van der Waals surface area (Å²) >= 11 is 1.11. The summed E-state index contributed by atoms with van der Waals surface area (Å²) in [7, 11) is 0. The third-order valence-electron chi connectivity index (χ3n) is 6.66. The number of hydrogen-bond donors (Lipinski definition) is 1. The molecular weight excluding hydrogens is 469 g/mol. The number of benzene rings is 1. The minimum Gasteiger partial charge on any atom is -0.338 e. The van der Waals surface area contributed by atoms with Crippen molar-refractivity contribution in [1.82, 2.24) is 19.4 Å². The Morgan fingerprint density at radius 2 is 1.94 bits per heavy atom. The van der Waals surface area contributed by atoms with E-state index in [0.29, 0.717) is 41.0 Å². The first-order chi connectivity index (χ1) is 16.9. The predicted octanol–water partition coefficient (Wildman–Crippen LogP) is 4.62. The molecule has 1 aromatic carbocycles. The van der Waals surface area contributed by atoms with Crippen LogP contribution < -0.4 is 10.9 Å². The molecule has 1 unspecified atom stereocenters. The molecular formula is C25H30FN5O3S. The Morgan fingerprint density at radius 1 is 1.20 bits per heavy atom. The molecule has 0 bridgehead atoms. The van der Waals surface area contributed by atoms with Gasteiger partial charge in [-0.15, -0.1) is 0 Å². The van der Waals surface area contributed by atoms with Crippen molar-refractivity contribution in [2.45, 2.75) is 58.4 Å². The van der Waals surface area contributed by atoms with Crippen LogP contribution in [0.1, 0.15) is 68.1 Å². The number of halogens is 1. The van der Waals surface area contributed by atoms with Gasteiger partial charge in [0.15, 0.2) is 5.13 Å². The van der Waals surface area contributed by atoms with Crippen LogP contribution in [0.15, 0.2) is 35.5 Å². The van der Waals surface area contributed by atoms with E-state index in [0.717, 1.165) is 43.1 Å². The van der Waals surface area contributed by atoms with Gasteiger partial charge in [0, 0.05) is 13.1 Å². The Balaban J connectivity index is 1.63. The van der Waals surface area contributed by atoms with Crippen LogP contribution in [0, 0.1) is 11.7 Å². The second-order valence-corrected chi connectivity index (χ2v) is 9.90. The first-order valence-electron chi connectivity index (χ1n) is 12.1. The molecule has 0 saturated heterocycles. The van der Waals surface area contributed by atoms with Crippen LogP contribution in [0.2, 0.25) is 0 Å². The Bertz CT molecular complexity index is 1260. The number of aromatic nitrogens is 3. The first kappa shape index (κ1) is 25.0. The average molecular weight is 500 g/mol. The molecule has 4 rings (SSSR count). The summed E-state index contributed by atoms with van der Waals surface area (Å²) in [6, 6.07) is 3.04.